The molecule has 0 amide bonds. The highest BCUT2D eigenvalue weighted by Crippen LogP contribution is 2.24. The Kier molecular flexibility index (Phi) is 4.03. The first-order valence-corrected chi connectivity index (χ1v) is 6.05. The van der Waals surface area contributed by atoms with Crippen LogP contribution in [0.2, 0.25) is 0 Å². The van der Waals surface area contributed by atoms with Crippen molar-refractivity contribution in [1.82, 2.24) is 9.97 Å². The van der Waals surface area contributed by atoms with Crippen molar-refractivity contribution in [2.75, 3.05) is 11.9 Å². The van der Waals surface area contributed by atoms with Gasteiger partial charge in [0.15, 0.2) is 0 Å². The molecule has 18 heavy (non-hydrogen) atoms. The highest BCUT2D eigenvalue weighted by atomic mass is 16.6. The zero-order valence-corrected chi connectivity index (χ0v) is 9.95. The molecule has 2 N–H and O–H groups in total. The van der Waals surface area contributed by atoms with Crippen LogP contribution >= 0.6 is 0 Å². The third kappa shape index (κ3) is 3.13. The van der Waals surface area contributed by atoms with Crippen LogP contribution in [0.25, 0.3) is 0 Å². The van der Waals surface area contributed by atoms with E-state index in [1.165, 1.54) is 12.4 Å². The fourth-order valence-corrected chi connectivity index (χ4v) is 2.16. The molecular formula is C11H16N4O3. The van der Waals surface area contributed by atoms with E-state index in [0.29, 0.717) is 12.5 Å². The lowest BCUT2D eigenvalue weighted by Crippen LogP contribution is -2.30. The summed E-state index contributed by atoms with van der Waals surface area (Å²) in [6.07, 6.45) is 6.11. The lowest BCUT2D eigenvalue weighted by molar-refractivity contribution is -0.385. The first-order valence-electron chi connectivity index (χ1n) is 6.05. The number of nitrogens with one attached hydrogen (secondary N) is 1. The van der Waals surface area contributed by atoms with Crippen LogP contribution in [0.5, 0.6) is 0 Å². The molecule has 1 aromatic heterocycles. The van der Waals surface area contributed by atoms with Crippen molar-refractivity contribution in [3.63, 3.8) is 0 Å². The summed E-state index contributed by atoms with van der Waals surface area (Å²) in [5, 5.41) is 23.2. The molecule has 2 unspecified atom stereocenters. The number of nitro groups is 1. The van der Waals surface area contributed by atoms with Crippen LogP contribution in [0, 0.1) is 16.0 Å². The van der Waals surface area contributed by atoms with Gasteiger partial charge in [0.1, 0.15) is 12.4 Å². The van der Waals surface area contributed by atoms with Crippen LogP contribution in [-0.2, 0) is 0 Å². The van der Waals surface area contributed by atoms with E-state index in [1.807, 2.05) is 0 Å². The van der Waals surface area contributed by atoms with Gasteiger partial charge < -0.3 is 10.4 Å². The van der Waals surface area contributed by atoms with E-state index in [0.717, 1.165) is 25.7 Å². The number of rotatable bonds is 4. The van der Waals surface area contributed by atoms with Gasteiger partial charge >= 0.3 is 5.69 Å². The molecule has 1 aromatic rings. The van der Waals surface area contributed by atoms with Gasteiger partial charge in [0.25, 0.3) is 0 Å². The molecule has 2 atom stereocenters. The minimum Gasteiger partial charge on any atom is -0.393 e. The van der Waals surface area contributed by atoms with E-state index < -0.39 is 4.92 Å². The Balaban J connectivity index is 1.87. The molecule has 0 spiro atoms. The summed E-state index contributed by atoms with van der Waals surface area (Å²) in [4.78, 5) is 17.6. The molecule has 0 bridgehead atoms. The minimum atomic E-state index is -0.533. The summed E-state index contributed by atoms with van der Waals surface area (Å²) in [6, 6.07) is 0. The van der Waals surface area contributed by atoms with Crippen molar-refractivity contribution in [1.29, 1.82) is 0 Å². The second kappa shape index (κ2) is 5.72. The summed E-state index contributed by atoms with van der Waals surface area (Å²) in [5.74, 6) is 0.566. The molecule has 1 saturated carbocycles. The van der Waals surface area contributed by atoms with Gasteiger partial charge in [-0.1, -0.05) is 12.8 Å². The fourth-order valence-electron chi connectivity index (χ4n) is 2.16. The van der Waals surface area contributed by atoms with E-state index in [-0.39, 0.29) is 17.7 Å². The highest BCUT2D eigenvalue weighted by Gasteiger charge is 2.22. The van der Waals surface area contributed by atoms with Gasteiger partial charge in [0.2, 0.25) is 5.95 Å². The van der Waals surface area contributed by atoms with Crippen LogP contribution in [0.3, 0.4) is 0 Å². The Morgan fingerprint density at radius 2 is 2.06 bits per heavy atom. The summed E-state index contributed by atoms with van der Waals surface area (Å²) < 4.78 is 0. The quantitative estimate of drug-likeness (QED) is 0.619. The number of anilines is 1. The molecule has 98 valence electrons. The summed E-state index contributed by atoms with van der Waals surface area (Å²) >= 11 is 0. The highest BCUT2D eigenvalue weighted by molar-refractivity contribution is 5.30. The molecule has 0 aliphatic heterocycles. The SMILES string of the molecule is O=[N+]([O-])c1cnc(NCC2CCCCC2O)nc1. The van der Waals surface area contributed by atoms with E-state index in [1.54, 1.807) is 0 Å². The second-order valence-corrected chi connectivity index (χ2v) is 4.51. The van der Waals surface area contributed by atoms with Crippen LogP contribution in [0.4, 0.5) is 11.6 Å². The molecular weight excluding hydrogens is 236 g/mol. The van der Waals surface area contributed by atoms with Crippen LogP contribution in [0.1, 0.15) is 25.7 Å². The fraction of sp³-hybridized carbons (Fsp3) is 0.636. The normalized spacial score (nSPS) is 23.6. The molecule has 0 aromatic carbocycles. The number of hydrogen-bond acceptors (Lipinski definition) is 6. The average molecular weight is 252 g/mol. The Bertz CT molecular complexity index is 409. The van der Waals surface area contributed by atoms with Crippen molar-refractivity contribution >= 4 is 11.6 Å². The van der Waals surface area contributed by atoms with Gasteiger partial charge in [-0.2, -0.15) is 0 Å². The third-order valence-corrected chi connectivity index (χ3v) is 3.24. The maximum absolute atomic E-state index is 10.4. The number of aliphatic hydroxyl groups excluding tert-OH is 1. The molecule has 2 rings (SSSR count). The van der Waals surface area contributed by atoms with Gasteiger partial charge in [-0.05, 0) is 12.8 Å². The molecule has 7 heteroatoms. The van der Waals surface area contributed by atoms with E-state index in [4.69, 9.17) is 0 Å². The first kappa shape index (κ1) is 12.7. The Morgan fingerprint density at radius 1 is 1.39 bits per heavy atom. The van der Waals surface area contributed by atoms with Crippen molar-refractivity contribution < 1.29 is 10.0 Å². The predicted molar refractivity (Wildman–Crippen MR) is 65.1 cm³/mol. The van der Waals surface area contributed by atoms with Crippen LogP contribution < -0.4 is 5.32 Å². The predicted octanol–water partition coefficient (Wildman–Crippen LogP) is 1.35. The maximum Gasteiger partial charge on any atom is 0.305 e. The van der Waals surface area contributed by atoms with Crippen molar-refractivity contribution in [3.05, 3.63) is 22.5 Å². The topological polar surface area (TPSA) is 101 Å². The zero-order chi connectivity index (χ0) is 13.0. The van der Waals surface area contributed by atoms with Crippen molar-refractivity contribution in [2.24, 2.45) is 5.92 Å². The number of hydrogen-bond donors (Lipinski definition) is 2. The lowest BCUT2D eigenvalue weighted by Gasteiger charge is -2.27. The Morgan fingerprint density at radius 3 is 2.67 bits per heavy atom. The molecule has 7 nitrogen and oxygen atoms in total. The van der Waals surface area contributed by atoms with Gasteiger partial charge in [-0.25, -0.2) is 9.97 Å². The Labute approximate surface area is 104 Å². The Hall–Kier alpha value is -1.76. The molecule has 1 aliphatic rings. The maximum atomic E-state index is 10.4. The molecule has 0 saturated heterocycles. The smallest absolute Gasteiger partial charge is 0.305 e. The van der Waals surface area contributed by atoms with Gasteiger partial charge in [-0.15, -0.1) is 0 Å². The molecule has 0 radical (unpaired) electrons. The average Bonchev–Trinajstić information content (AvgIpc) is 2.38. The first-order chi connectivity index (χ1) is 8.66. The monoisotopic (exact) mass is 252 g/mol. The van der Waals surface area contributed by atoms with Gasteiger partial charge in [0.05, 0.1) is 11.0 Å². The van der Waals surface area contributed by atoms with Crippen molar-refractivity contribution in [2.45, 2.75) is 31.8 Å². The largest absolute Gasteiger partial charge is 0.393 e. The number of aromatic nitrogens is 2. The molecule has 1 aliphatic carbocycles. The summed E-state index contributed by atoms with van der Waals surface area (Å²) in [5.41, 5.74) is -0.127. The summed E-state index contributed by atoms with van der Waals surface area (Å²) in [7, 11) is 0. The van der Waals surface area contributed by atoms with Crippen molar-refractivity contribution in [3.8, 4) is 0 Å². The summed E-state index contributed by atoms with van der Waals surface area (Å²) in [6.45, 7) is 0.596. The van der Waals surface area contributed by atoms with Gasteiger partial charge in [0, 0.05) is 12.5 Å². The van der Waals surface area contributed by atoms with E-state index in [2.05, 4.69) is 15.3 Å². The number of aliphatic hydroxyl groups is 1. The molecule has 1 fully saturated rings. The van der Waals surface area contributed by atoms with E-state index in [9.17, 15) is 15.2 Å². The lowest BCUT2D eigenvalue weighted by atomic mass is 9.86. The van der Waals surface area contributed by atoms with Gasteiger partial charge in [-0.3, -0.25) is 10.1 Å². The molecule has 1 heterocycles. The van der Waals surface area contributed by atoms with Crippen LogP contribution in [0.15, 0.2) is 12.4 Å². The van der Waals surface area contributed by atoms with Crippen LogP contribution in [-0.4, -0.2) is 32.6 Å². The zero-order valence-electron chi connectivity index (χ0n) is 9.95. The standard InChI is InChI=1S/C11H16N4O3/c16-10-4-2-1-3-8(10)5-12-11-13-6-9(7-14-11)15(17)18/h6-8,10,16H,1-5H2,(H,12,13,14). The minimum absolute atomic E-state index is 0.127. The number of nitrogens with zero attached hydrogens (tertiary/aromatic N) is 3. The van der Waals surface area contributed by atoms with E-state index >= 15 is 0 Å². The second-order valence-electron chi connectivity index (χ2n) is 4.51. The third-order valence-electron chi connectivity index (χ3n) is 3.24.